The number of carboxylic acid groups (broad SMARTS) is 1. The maximum Gasteiger partial charge on any atom is 0.305 e. The van der Waals surface area contributed by atoms with Gasteiger partial charge in [-0.25, -0.2) is 0 Å². The van der Waals surface area contributed by atoms with Gasteiger partial charge in [0.25, 0.3) is 0 Å². The second-order valence-corrected chi connectivity index (χ2v) is 5.19. The SMILES string of the molecule is CC1(C)OCC(c2cccc(C(N)CC(=O)O)c2)O1. The lowest BCUT2D eigenvalue weighted by atomic mass is 10.00. The van der Waals surface area contributed by atoms with Gasteiger partial charge in [0.15, 0.2) is 5.79 Å². The molecule has 5 nitrogen and oxygen atoms in total. The third-order valence-electron chi connectivity index (χ3n) is 3.11. The van der Waals surface area contributed by atoms with Crippen LogP contribution in [0.5, 0.6) is 0 Å². The molecule has 0 aromatic heterocycles. The smallest absolute Gasteiger partial charge is 0.305 e. The highest BCUT2D eigenvalue weighted by atomic mass is 16.7. The molecule has 104 valence electrons. The molecule has 1 saturated heterocycles. The molecule has 19 heavy (non-hydrogen) atoms. The van der Waals surface area contributed by atoms with Crippen molar-refractivity contribution in [3.63, 3.8) is 0 Å². The fourth-order valence-electron chi connectivity index (χ4n) is 2.15. The van der Waals surface area contributed by atoms with Gasteiger partial charge < -0.3 is 20.3 Å². The van der Waals surface area contributed by atoms with Gasteiger partial charge in [-0.3, -0.25) is 4.79 Å². The van der Waals surface area contributed by atoms with Gasteiger partial charge in [0.1, 0.15) is 6.10 Å². The van der Waals surface area contributed by atoms with E-state index in [1.165, 1.54) is 0 Å². The number of benzene rings is 1. The van der Waals surface area contributed by atoms with E-state index in [4.69, 9.17) is 20.3 Å². The molecule has 0 radical (unpaired) electrons. The number of aliphatic carboxylic acids is 1. The number of carboxylic acids is 1. The van der Waals surface area contributed by atoms with E-state index in [2.05, 4.69) is 0 Å². The zero-order valence-electron chi connectivity index (χ0n) is 11.1. The van der Waals surface area contributed by atoms with Gasteiger partial charge in [0.2, 0.25) is 0 Å². The van der Waals surface area contributed by atoms with E-state index in [0.29, 0.717) is 6.61 Å². The van der Waals surface area contributed by atoms with Crippen molar-refractivity contribution in [2.24, 2.45) is 5.73 Å². The lowest BCUT2D eigenvalue weighted by Crippen LogP contribution is -2.19. The number of nitrogens with two attached hydrogens (primary N) is 1. The average Bonchev–Trinajstić information content (AvgIpc) is 2.69. The summed E-state index contributed by atoms with van der Waals surface area (Å²) in [6.45, 7) is 4.23. The topological polar surface area (TPSA) is 81.8 Å². The van der Waals surface area contributed by atoms with Gasteiger partial charge in [-0.05, 0) is 25.0 Å². The fourth-order valence-corrected chi connectivity index (χ4v) is 2.15. The van der Waals surface area contributed by atoms with E-state index in [1.807, 2.05) is 38.1 Å². The number of hydrogen-bond acceptors (Lipinski definition) is 4. The van der Waals surface area contributed by atoms with E-state index < -0.39 is 17.8 Å². The molecule has 0 spiro atoms. The van der Waals surface area contributed by atoms with Crippen molar-refractivity contribution in [1.29, 1.82) is 0 Å². The minimum Gasteiger partial charge on any atom is -0.481 e. The molecule has 1 aromatic carbocycles. The Morgan fingerprint density at radius 3 is 2.89 bits per heavy atom. The first-order valence-corrected chi connectivity index (χ1v) is 6.26. The molecule has 2 unspecified atom stereocenters. The third kappa shape index (κ3) is 3.53. The molecule has 3 N–H and O–H groups in total. The standard InChI is InChI=1S/C14H19NO4/c1-14(2)18-8-12(19-14)10-5-3-4-9(6-10)11(15)7-13(16)17/h3-6,11-12H,7-8,15H2,1-2H3,(H,16,17). The van der Waals surface area contributed by atoms with Crippen molar-refractivity contribution in [3.8, 4) is 0 Å². The number of rotatable bonds is 4. The zero-order valence-corrected chi connectivity index (χ0v) is 11.1. The summed E-state index contributed by atoms with van der Waals surface area (Å²) in [4.78, 5) is 10.7. The Balaban J connectivity index is 2.13. The molecule has 5 heteroatoms. The van der Waals surface area contributed by atoms with Crippen LogP contribution in [-0.4, -0.2) is 23.5 Å². The first-order chi connectivity index (χ1) is 8.87. The van der Waals surface area contributed by atoms with Gasteiger partial charge in [-0.1, -0.05) is 24.3 Å². The van der Waals surface area contributed by atoms with Crippen molar-refractivity contribution in [2.45, 2.75) is 38.2 Å². The Labute approximate surface area is 112 Å². The Bertz CT molecular complexity index is 472. The van der Waals surface area contributed by atoms with Gasteiger partial charge in [-0.2, -0.15) is 0 Å². The van der Waals surface area contributed by atoms with Crippen molar-refractivity contribution in [3.05, 3.63) is 35.4 Å². The molecule has 1 fully saturated rings. The summed E-state index contributed by atoms with van der Waals surface area (Å²) in [5.74, 6) is -1.48. The second kappa shape index (κ2) is 5.28. The van der Waals surface area contributed by atoms with Crippen LogP contribution in [-0.2, 0) is 14.3 Å². The minimum atomic E-state index is -0.903. The van der Waals surface area contributed by atoms with Gasteiger partial charge in [-0.15, -0.1) is 0 Å². The van der Waals surface area contributed by atoms with Gasteiger partial charge in [0.05, 0.1) is 13.0 Å². The molecule has 1 aliphatic heterocycles. The second-order valence-electron chi connectivity index (χ2n) is 5.19. The quantitative estimate of drug-likeness (QED) is 0.870. The molecule has 1 heterocycles. The summed E-state index contributed by atoms with van der Waals surface area (Å²) in [6, 6.07) is 7.02. The van der Waals surface area contributed by atoms with Crippen LogP contribution in [0.2, 0.25) is 0 Å². The lowest BCUT2D eigenvalue weighted by Gasteiger charge is -2.18. The number of hydrogen-bond donors (Lipinski definition) is 2. The molecular weight excluding hydrogens is 246 g/mol. The molecule has 0 amide bonds. The highest BCUT2D eigenvalue weighted by Crippen LogP contribution is 2.33. The van der Waals surface area contributed by atoms with Gasteiger partial charge in [0, 0.05) is 6.04 Å². The maximum absolute atomic E-state index is 10.7. The summed E-state index contributed by atoms with van der Waals surface area (Å²) < 4.78 is 11.3. The molecule has 2 rings (SSSR count). The largest absolute Gasteiger partial charge is 0.481 e. The Hall–Kier alpha value is -1.43. The van der Waals surface area contributed by atoms with E-state index in [0.717, 1.165) is 11.1 Å². The predicted octanol–water partition coefficient (Wildman–Crippen LogP) is 1.99. The van der Waals surface area contributed by atoms with Crippen LogP contribution >= 0.6 is 0 Å². The normalized spacial score (nSPS) is 23.2. The van der Waals surface area contributed by atoms with Crippen LogP contribution in [0, 0.1) is 0 Å². The first kappa shape index (κ1) is 14.0. The molecular formula is C14H19NO4. The van der Waals surface area contributed by atoms with Gasteiger partial charge >= 0.3 is 5.97 Å². The Morgan fingerprint density at radius 2 is 2.32 bits per heavy atom. The summed E-state index contributed by atoms with van der Waals surface area (Å²) in [5.41, 5.74) is 7.63. The van der Waals surface area contributed by atoms with Crippen LogP contribution in [0.3, 0.4) is 0 Å². The highest BCUT2D eigenvalue weighted by Gasteiger charge is 2.33. The Morgan fingerprint density at radius 1 is 1.58 bits per heavy atom. The van der Waals surface area contributed by atoms with E-state index >= 15 is 0 Å². The first-order valence-electron chi connectivity index (χ1n) is 6.26. The van der Waals surface area contributed by atoms with E-state index in [1.54, 1.807) is 0 Å². The van der Waals surface area contributed by atoms with Crippen LogP contribution < -0.4 is 5.73 Å². The van der Waals surface area contributed by atoms with Crippen molar-refractivity contribution in [1.82, 2.24) is 0 Å². The third-order valence-corrected chi connectivity index (χ3v) is 3.11. The van der Waals surface area contributed by atoms with E-state index in [9.17, 15) is 4.79 Å². The zero-order chi connectivity index (χ0) is 14.0. The predicted molar refractivity (Wildman–Crippen MR) is 69.5 cm³/mol. The summed E-state index contributed by atoms with van der Waals surface area (Å²) in [6.07, 6.45) is -0.219. The molecule has 1 aliphatic rings. The number of ether oxygens (including phenoxy) is 2. The van der Waals surface area contributed by atoms with E-state index in [-0.39, 0.29) is 12.5 Å². The van der Waals surface area contributed by atoms with Crippen LogP contribution in [0.15, 0.2) is 24.3 Å². The maximum atomic E-state index is 10.7. The Kier molecular flexibility index (Phi) is 3.89. The fraction of sp³-hybridized carbons (Fsp3) is 0.500. The summed E-state index contributed by atoms with van der Waals surface area (Å²) in [5, 5.41) is 8.77. The summed E-state index contributed by atoms with van der Waals surface area (Å²) >= 11 is 0. The highest BCUT2D eigenvalue weighted by molar-refractivity contribution is 5.67. The monoisotopic (exact) mass is 265 g/mol. The molecule has 0 bridgehead atoms. The van der Waals surface area contributed by atoms with Crippen molar-refractivity contribution < 1.29 is 19.4 Å². The average molecular weight is 265 g/mol. The molecule has 0 saturated carbocycles. The number of carbonyl (C=O) groups is 1. The van der Waals surface area contributed by atoms with Crippen LogP contribution in [0.25, 0.3) is 0 Å². The lowest BCUT2D eigenvalue weighted by molar-refractivity contribution is -0.139. The molecule has 0 aliphatic carbocycles. The van der Waals surface area contributed by atoms with Crippen LogP contribution in [0.1, 0.15) is 43.5 Å². The van der Waals surface area contributed by atoms with Crippen LogP contribution in [0.4, 0.5) is 0 Å². The minimum absolute atomic E-state index is 0.0863. The molecule has 2 atom stereocenters. The van der Waals surface area contributed by atoms with Crippen molar-refractivity contribution in [2.75, 3.05) is 6.61 Å². The summed E-state index contributed by atoms with van der Waals surface area (Å²) in [7, 11) is 0. The molecule has 1 aromatic rings. The van der Waals surface area contributed by atoms with Crippen molar-refractivity contribution >= 4 is 5.97 Å².